The molecule has 1 fully saturated rings. The summed E-state index contributed by atoms with van der Waals surface area (Å²) in [7, 11) is 1.51. The molecule has 0 radical (unpaired) electrons. The van der Waals surface area contributed by atoms with Crippen LogP contribution in [-0.2, 0) is 14.4 Å². The zero-order valence-electron chi connectivity index (χ0n) is 20.9. The molecule has 3 aromatic carbocycles. The van der Waals surface area contributed by atoms with E-state index in [0.29, 0.717) is 30.7 Å². The van der Waals surface area contributed by atoms with Crippen LogP contribution in [0.2, 0.25) is 0 Å². The molecule has 192 valence electrons. The SMILES string of the molecule is CN(C(=O)OCC1c2ccccc2-c2ccccc21)C1(C(=O)ON2C(=O)c3ccccc3C2=O)CCCC1. The van der Waals surface area contributed by atoms with Crippen molar-refractivity contribution in [1.82, 2.24) is 9.96 Å². The minimum atomic E-state index is -1.34. The highest BCUT2D eigenvalue weighted by Crippen LogP contribution is 2.45. The van der Waals surface area contributed by atoms with Crippen molar-refractivity contribution in [3.05, 3.63) is 95.1 Å². The van der Waals surface area contributed by atoms with E-state index in [2.05, 4.69) is 12.1 Å². The number of hydrogen-bond donors (Lipinski definition) is 0. The Kier molecular flexibility index (Phi) is 5.75. The minimum Gasteiger partial charge on any atom is -0.448 e. The molecule has 1 heterocycles. The molecular weight excluding hydrogens is 484 g/mol. The van der Waals surface area contributed by atoms with Gasteiger partial charge in [0.15, 0.2) is 0 Å². The predicted molar refractivity (Wildman–Crippen MR) is 137 cm³/mol. The fraction of sp³-hybridized carbons (Fsp3) is 0.267. The zero-order valence-corrected chi connectivity index (χ0v) is 20.9. The van der Waals surface area contributed by atoms with E-state index in [1.165, 1.54) is 24.1 Å². The summed E-state index contributed by atoms with van der Waals surface area (Å²) in [5, 5.41) is 0.499. The Bertz CT molecular complexity index is 1390. The molecule has 0 bridgehead atoms. The molecule has 8 nitrogen and oxygen atoms in total. The first kappa shape index (κ1) is 23.9. The Morgan fingerprint density at radius 1 is 0.816 bits per heavy atom. The van der Waals surface area contributed by atoms with Crippen molar-refractivity contribution in [2.24, 2.45) is 0 Å². The van der Waals surface area contributed by atoms with Crippen molar-refractivity contribution in [1.29, 1.82) is 0 Å². The summed E-state index contributed by atoms with van der Waals surface area (Å²) < 4.78 is 5.78. The summed E-state index contributed by atoms with van der Waals surface area (Å²) in [5.41, 5.74) is 3.43. The number of amides is 3. The highest BCUT2D eigenvalue weighted by atomic mass is 16.7. The highest BCUT2D eigenvalue weighted by molar-refractivity contribution is 6.21. The summed E-state index contributed by atoms with van der Waals surface area (Å²) in [4.78, 5) is 58.9. The summed E-state index contributed by atoms with van der Waals surface area (Å²) in [5.74, 6) is -2.34. The second-order valence-electron chi connectivity index (χ2n) is 9.93. The van der Waals surface area contributed by atoms with Crippen LogP contribution in [0.5, 0.6) is 0 Å². The number of imide groups is 1. The van der Waals surface area contributed by atoms with Crippen LogP contribution in [0, 0.1) is 0 Å². The number of carbonyl (C=O) groups is 4. The lowest BCUT2D eigenvalue weighted by atomic mass is 9.96. The van der Waals surface area contributed by atoms with Crippen LogP contribution in [0.4, 0.5) is 4.79 Å². The molecule has 2 aliphatic carbocycles. The van der Waals surface area contributed by atoms with Gasteiger partial charge in [0.2, 0.25) is 0 Å². The summed E-state index contributed by atoms with van der Waals surface area (Å²) in [6, 6.07) is 22.4. The molecule has 3 aromatic rings. The third kappa shape index (κ3) is 3.59. The van der Waals surface area contributed by atoms with Gasteiger partial charge in [0.25, 0.3) is 11.8 Å². The smallest absolute Gasteiger partial charge is 0.410 e. The van der Waals surface area contributed by atoms with Crippen molar-refractivity contribution in [3.8, 4) is 11.1 Å². The summed E-state index contributed by atoms with van der Waals surface area (Å²) >= 11 is 0. The van der Waals surface area contributed by atoms with Crippen LogP contribution < -0.4 is 0 Å². The van der Waals surface area contributed by atoms with Crippen LogP contribution in [0.3, 0.4) is 0 Å². The minimum absolute atomic E-state index is 0.112. The molecule has 3 amide bonds. The van der Waals surface area contributed by atoms with Crippen molar-refractivity contribution in [2.75, 3.05) is 13.7 Å². The van der Waals surface area contributed by atoms with Crippen molar-refractivity contribution in [2.45, 2.75) is 37.1 Å². The average Bonchev–Trinajstić information content (AvgIpc) is 3.63. The predicted octanol–water partition coefficient (Wildman–Crippen LogP) is 4.93. The van der Waals surface area contributed by atoms with Crippen LogP contribution in [0.1, 0.15) is 63.4 Å². The molecule has 8 heteroatoms. The average molecular weight is 511 g/mol. The van der Waals surface area contributed by atoms with Gasteiger partial charge in [-0.05, 0) is 47.2 Å². The molecule has 0 N–H and O–H groups in total. The number of carbonyl (C=O) groups excluding carboxylic acids is 4. The Balaban J connectivity index is 1.19. The van der Waals surface area contributed by atoms with Gasteiger partial charge < -0.3 is 9.57 Å². The number of hydrogen-bond acceptors (Lipinski definition) is 6. The lowest BCUT2D eigenvalue weighted by Gasteiger charge is -2.36. The van der Waals surface area contributed by atoms with Crippen LogP contribution in [-0.4, -0.2) is 53.0 Å². The summed E-state index contributed by atoms with van der Waals surface area (Å²) in [6.07, 6.45) is 1.41. The van der Waals surface area contributed by atoms with Crippen molar-refractivity contribution in [3.63, 3.8) is 0 Å². The third-order valence-electron chi connectivity index (χ3n) is 7.99. The monoisotopic (exact) mass is 510 g/mol. The number of likely N-dealkylation sites (N-methyl/N-ethyl adjacent to an activating group) is 1. The van der Waals surface area contributed by atoms with Gasteiger partial charge >= 0.3 is 12.1 Å². The Hall–Kier alpha value is -4.46. The normalized spacial score (nSPS) is 17.1. The fourth-order valence-electron chi connectivity index (χ4n) is 5.92. The van der Waals surface area contributed by atoms with Crippen molar-refractivity contribution >= 4 is 23.9 Å². The Labute approximate surface area is 219 Å². The van der Waals surface area contributed by atoms with E-state index in [1.807, 2.05) is 36.4 Å². The molecule has 0 spiro atoms. The standard InChI is InChI=1S/C30H26N2O6/c1-31(29(36)37-18-25-21-12-4-2-10-19(21)20-11-3-5-13-22(20)25)30(16-8-9-17-30)28(35)38-32-26(33)23-14-6-7-15-24(23)27(32)34/h2-7,10-15,25H,8-9,16-18H2,1H3. The number of benzene rings is 3. The number of fused-ring (bicyclic) bond motifs is 4. The van der Waals surface area contributed by atoms with Gasteiger partial charge in [-0.25, -0.2) is 9.59 Å². The lowest BCUT2D eigenvalue weighted by Crippen LogP contribution is -2.56. The van der Waals surface area contributed by atoms with Gasteiger partial charge in [-0.1, -0.05) is 78.6 Å². The van der Waals surface area contributed by atoms with Crippen molar-refractivity contribution < 1.29 is 28.8 Å². The number of rotatable bonds is 5. The molecule has 0 unspecified atom stereocenters. The number of ether oxygens (including phenoxy) is 1. The van der Waals surface area contributed by atoms with E-state index < -0.39 is 29.4 Å². The molecule has 0 atom stereocenters. The van der Waals surface area contributed by atoms with Gasteiger partial charge in [0, 0.05) is 13.0 Å². The van der Waals surface area contributed by atoms with E-state index in [1.54, 1.807) is 12.1 Å². The molecule has 6 rings (SSSR count). The molecular formula is C30H26N2O6. The Morgan fingerprint density at radius 2 is 1.29 bits per heavy atom. The van der Waals surface area contributed by atoms with E-state index in [9.17, 15) is 19.2 Å². The first-order valence-electron chi connectivity index (χ1n) is 12.7. The second kappa shape index (κ2) is 9.13. The quantitative estimate of drug-likeness (QED) is 0.452. The second-order valence-corrected chi connectivity index (χ2v) is 9.93. The largest absolute Gasteiger partial charge is 0.448 e. The molecule has 1 aliphatic heterocycles. The topological polar surface area (TPSA) is 93.2 Å². The first-order valence-corrected chi connectivity index (χ1v) is 12.7. The van der Waals surface area contributed by atoms with Gasteiger partial charge in [0.05, 0.1) is 11.1 Å². The fourth-order valence-corrected chi connectivity index (χ4v) is 5.92. The zero-order chi connectivity index (χ0) is 26.4. The van der Waals surface area contributed by atoms with Gasteiger partial charge in [-0.3, -0.25) is 14.5 Å². The summed E-state index contributed by atoms with van der Waals surface area (Å²) in [6.45, 7) is 0.112. The third-order valence-corrected chi connectivity index (χ3v) is 7.99. The molecule has 0 aromatic heterocycles. The van der Waals surface area contributed by atoms with E-state index in [-0.39, 0.29) is 23.7 Å². The maximum Gasteiger partial charge on any atom is 0.410 e. The Morgan fingerprint density at radius 3 is 1.82 bits per heavy atom. The first-order chi connectivity index (χ1) is 18.4. The van der Waals surface area contributed by atoms with E-state index >= 15 is 0 Å². The van der Waals surface area contributed by atoms with Gasteiger partial charge in [-0.15, -0.1) is 0 Å². The van der Waals surface area contributed by atoms with Gasteiger partial charge in [-0.2, -0.15) is 0 Å². The maximum atomic E-state index is 13.5. The van der Waals surface area contributed by atoms with Gasteiger partial charge in [0.1, 0.15) is 12.1 Å². The lowest BCUT2D eigenvalue weighted by molar-refractivity contribution is -0.181. The van der Waals surface area contributed by atoms with E-state index in [0.717, 1.165) is 22.3 Å². The van der Waals surface area contributed by atoms with Crippen LogP contribution in [0.15, 0.2) is 72.8 Å². The van der Waals surface area contributed by atoms with Crippen LogP contribution >= 0.6 is 0 Å². The number of hydroxylamine groups is 2. The molecule has 38 heavy (non-hydrogen) atoms. The molecule has 1 saturated carbocycles. The molecule has 3 aliphatic rings. The van der Waals surface area contributed by atoms with E-state index in [4.69, 9.17) is 9.57 Å². The highest BCUT2D eigenvalue weighted by Gasteiger charge is 2.52. The number of nitrogens with zero attached hydrogens (tertiary/aromatic N) is 2. The maximum absolute atomic E-state index is 13.5. The molecule has 0 saturated heterocycles. The van der Waals surface area contributed by atoms with Crippen LogP contribution in [0.25, 0.3) is 11.1 Å².